The fraction of sp³-hybridized carbons (Fsp3) is 0.286. The molecule has 0 spiro atoms. The Morgan fingerprint density at radius 1 is 1.47 bits per heavy atom. The predicted octanol–water partition coefficient (Wildman–Crippen LogP) is 4.15. The molecular formula is C14H15NO2S2. The van der Waals surface area contributed by atoms with Crippen molar-refractivity contribution in [3.05, 3.63) is 40.2 Å². The Hall–Kier alpha value is -1.33. The van der Waals surface area contributed by atoms with Crippen molar-refractivity contribution in [2.45, 2.75) is 19.1 Å². The van der Waals surface area contributed by atoms with E-state index in [1.807, 2.05) is 23.2 Å². The van der Waals surface area contributed by atoms with Crippen molar-refractivity contribution in [3.8, 4) is 11.3 Å². The molecule has 0 amide bonds. The Morgan fingerprint density at radius 3 is 3.05 bits per heavy atom. The van der Waals surface area contributed by atoms with Gasteiger partial charge in [-0.15, -0.1) is 11.3 Å². The molecule has 0 aliphatic rings. The first kappa shape index (κ1) is 14.1. The molecule has 19 heavy (non-hydrogen) atoms. The van der Waals surface area contributed by atoms with E-state index in [0.29, 0.717) is 5.56 Å². The standard InChI is InChI=1S/C14H15NO2S2/c1-2-6-18-9-13-15-12(8-19-13)10-4-3-5-11(7-10)14(16)17/h3-5,7-8H,2,6,9H2,1H3,(H,16,17). The van der Waals surface area contributed by atoms with Crippen molar-refractivity contribution < 1.29 is 9.90 Å². The van der Waals surface area contributed by atoms with Gasteiger partial charge in [0, 0.05) is 16.7 Å². The molecule has 1 aromatic heterocycles. The maximum absolute atomic E-state index is 10.9. The van der Waals surface area contributed by atoms with Gasteiger partial charge in [0.05, 0.1) is 11.3 Å². The van der Waals surface area contributed by atoms with Crippen molar-refractivity contribution in [1.82, 2.24) is 4.98 Å². The average molecular weight is 293 g/mol. The van der Waals surface area contributed by atoms with Crippen LogP contribution in [0, 0.1) is 0 Å². The van der Waals surface area contributed by atoms with Gasteiger partial charge in [-0.3, -0.25) is 0 Å². The Labute approximate surface area is 120 Å². The first-order valence-corrected chi connectivity index (χ1v) is 8.10. The molecule has 0 unspecified atom stereocenters. The van der Waals surface area contributed by atoms with E-state index in [1.54, 1.807) is 29.5 Å². The molecule has 100 valence electrons. The van der Waals surface area contributed by atoms with Crippen LogP contribution in [0.25, 0.3) is 11.3 Å². The van der Waals surface area contributed by atoms with Crippen LogP contribution < -0.4 is 0 Å². The summed E-state index contributed by atoms with van der Waals surface area (Å²) in [5.41, 5.74) is 2.02. The minimum Gasteiger partial charge on any atom is -0.478 e. The molecular weight excluding hydrogens is 278 g/mol. The fourth-order valence-corrected chi connectivity index (χ4v) is 3.41. The summed E-state index contributed by atoms with van der Waals surface area (Å²) in [7, 11) is 0. The Balaban J connectivity index is 2.13. The van der Waals surface area contributed by atoms with Crippen LogP contribution in [0.5, 0.6) is 0 Å². The number of nitrogens with zero attached hydrogens (tertiary/aromatic N) is 1. The maximum Gasteiger partial charge on any atom is 0.335 e. The molecule has 0 radical (unpaired) electrons. The van der Waals surface area contributed by atoms with Crippen LogP contribution in [-0.4, -0.2) is 21.8 Å². The van der Waals surface area contributed by atoms with Gasteiger partial charge in [0.15, 0.2) is 0 Å². The van der Waals surface area contributed by atoms with Crippen LogP contribution in [0.2, 0.25) is 0 Å². The molecule has 0 aliphatic carbocycles. The lowest BCUT2D eigenvalue weighted by Gasteiger charge is -1.99. The number of carboxylic acid groups (broad SMARTS) is 1. The van der Waals surface area contributed by atoms with Gasteiger partial charge in [-0.25, -0.2) is 9.78 Å². The largest absolute Gasteiger partial charge is 0.478 e. The van der Waals surface area contributed by atoms with Gasteiger partial charge in [-0.1, -0.05) is 19.1 Å². The lowest BCUT2D eigenvalue weighted by molar-refractivity contribution is 0.0697. The first-order chi connectivity index (χ1) is 9.20. The lowest BCUT2D eigenvalue weighted by Crippen LogP contribution is -1.95. The van der Waals surface area contributed by atoms with Gasteiger partial charge in [0.2, 0.25) is 0 Å². The van der Waals surface area contributed by atoms with Crippen LogP contribution in [-0.2, 0) is 5.75 Å². The van der Waals surface area contributed by atoms with E-state index in [9.17, 15) is 4.79 Å². The molecule has 0 saturated carbocycles. The van der Waals surface area contributed by atoms with E-state index in [4.69, 9.17) is 5.11 Å². The third kappa shape index (κ3) is 3.81. The molecule has 5 heteroatoms. The van der Waals surface area contributed by atoms with Gasteiger partial charge >= 0.3 is 5.97 Å². The molecule has 2 rings (SSSR count). The zero-order valence-corrected chi connectivity index (χ0v) is 12.3. The number of hydrogen-bond donors (Lipinski definition) is 1. The zero-order chi connectivity index (χ0) is 13.7. The van der Waals surface area contributed by atoms with Gasteiger partial charge in [-0.05, 0) is 24.3 Å². The van der Waals surface area contributed by atoms with Crippen LogP contribution in [0.3, 0.4) is 0 Å². The average Bonchev–Trinajstić information content (AvgIpc) is 2.88. The van der Waals surface area contributed by atoms with Crippen LogP contribution in [0.1, 0.15) is 28.7 Å². The third-order valence-corrected chi connectivity index (χ3v) is 4.74. The number of carboxylic acids is 1. The highest BCUT2D eigenvalue weighted by Crippen LogP contribution is 2.25. The minimum atomic E-state index is -0.907. The van der Waals surface area contributed by atoms with Crippen molar-refractivity contribution in [2.75, 3.05) is 5.75 Å². The highest BCUT2D eigenvalue weighted by molar-refractivity contribution is 7.98. The minimum absolute atomic E-state index is 0.299. The number of rotatable bonds is 6. The summed E-state index contributed by atoms with van der Waals surface area (Å²) in [5, 5.41) is 12.1. The number of hydrogen-bond acceptors (Lipinski definition) is 4. The lowest BCUT2D eigenvalue weighted by atomic mass is 10.1. The summed E-state index contributed by atoms with van der Waals surface area (Å²) < 4.78 is 0. The number of aromatic carboxylic acids is 1. The topological polar surface area (TPSA) is 50.2 Å². The Bertz CT molecular complexity index is 566. The number of thioether (sulfide) groups is 1. The van der Waals surface area contributed by atoms with E-state index in [-0.39, 0.29) is 0 Å². The van der Waals surface area contributed by atoms with Crippen LogP contribution >= 0.6 is 23.1 Å². The van der Waals surface area contributed by atoms with Crippen LogP contribution in [0.4, 0.5) is 0 Å². The zero-order valence-electron chi connectivity index (χ0n) is 10.6. The first-order valence-electron chi connectivity index (χ1n) is 6.06. The van der Waals surface area contributed by atoms with E-state index in [0.717, 1.165) is 27.8 Å². The Morgan fingerprint density at radius 2 is 2.32 bits per heavy atom. The number of carbonyl (C=O) groups is 1. The normalized spacial score (nSPS) is 10.6. The van der Waals surface area contributed by atoms with Crippen molar-refractivity contribution >= 4 is 29.1 Å². The third-order valence-electron chi connectivity index (χ3n) is 2.53. The molecule has 0 saturated heterocycles. The predicted molar refractivity (Wildman–Crippen MR) is 81.0 cm³/mol. The highest BCUT2D eigenvalue weighted by Gasteiger charge is 2.08. The quantitative estimate of drug-likeness (QED) is 0.813. The second-order valence-electron chi connectivity index (χ2n) is 4.07. The molecule has 0 fully saturated rings. The fourth-order valence-electron chi connectivity index (χ4n) is 1.63. The summed E-state index contributed by atoms with van der Waals surface area (Å²) in [5.74, 6) is 1.16. The summed E-state index contributed by atoms with van der Waals surface area (Å²) in [6.07, 6.45) is 1.17. The van der Waals surface area contributed by atoms with Crippen molar-refractivity contribution in [2.24, 2.45) is 0 Å². The van der Waals surface area contributed by atoms with E-state index in [2.05, 4.69) is 11.9 Å². The second-order valence-corrected chi connectivity index (χ2v) is 6.11. The number of benzene rings is 1. The van der Waals surface area contributed by atoms with Crippen LogP contribution in [0.15, 0.2) is 29.6 Å². The smallest absolute Gasteiger partial charge is 0.335 e. The van der Waals surface area contributed by atoms with Crippen molar-refractivity contribution in [1.29, 1.82) is 0 Å². The molecule has 1 heterocycles. The molecule has 3 nitrogen and oxygen atoms in total. The monoisotopic (exact) mass is 293 g/mol. The maximum atomic E-state index is 10.9. The summed E-state index contributed by atoms with van der Waals surface area (Å²) in [6.45, 7) is 2.16. The van der Waals surface area contributed by atoms with E-state index in [1.165, 1.54) is 6.42 Å². The van der Waals surface area contributed by atoms with Gasteiger partial charge in [0.25, 0.3) is 0 Å². The Kier molecular flexibility index (Phi) is 4.99. The number of aromatic nitrogens is 1. The molecule has 0 atom stereocenters. The molecule has 0 aliphatic heterocycles. The molecule has 2 aromatic rings. The van der Waals surface area contributed by atoms with Gasteiger partial charge in [-0.2, -0.15) is 11.8 Å². The summed E-state index contributed by atoms with van der Waals surface area (Å²) in [4.78, 5) is 15.5. The highest BCUT2D eigenvalue weighted by atomic mass is 32.2. The van der Waals surface area contributed by atoms with Gasteiger partial charge in [0.1, 0.15) is 5.01 Å². The van der Waals surface area contributed by atoms with E-state index < -0.39 is 5.97 Å². The SMILES string of the molecule is CCCSCc1nc(-c2cccc(C(=O)O)c2)cs1. The second kappa shape index (κ2) is 6.73. The summed E-state index contributed by atoms with van der Waals surface area (Å²) in [6, 6.07) is 6.91. The van der Waals surface area contributed by atoms with Gasteiger partial charge < -0.3 is 5.11 Å². The van der Waals surface area contributed by atoms with E-state index >= 15 is 0 Å². The molecule has 1 N–H and O–H groups in total. The number of thiazole rings is 1. The van der Waals surface area contributed by atoms with Crippen molar-refractivity contribution in [3.63, 3.8) is 0 Å². The molecule has 0 bridgehead atoms. The molecule has 1 aromatic carbocycles. The summed E-state index contributed by atoms with van der Waals surface area (Å²) >= 11 is 3.51.